The number of fused-ring (bicyclic) bond motifs is 4. The zero-order valence-electron chi connectivity index (χ0n) is 21.2. The lowest BCUT2D eigenvalue weighted by atomic mass is 9.86. The summed E-state index contributed by atoms with van der Waals surface area (Å²) in [5.74, 6) is 1.01. The number of anilines is 4. The molecule has 1 aromatic heterocycles. The summed E-state index contributed by atoms with van der Waals surface area (Å²) in [6.07, 6.45) is 5.86. The lowest BCUT2D eigenvalue weighted by molar-refractivity contribution is -0.124. The van der Waals surface area contributed by atoms with E-state index in [-0.39, 0.29) is 36.1 Å². The number of amides is 1. The normalized spacial score (nSPS) is 27.6. The summed E-state index contributed by atoms with van der Waals surface area (Å²) in [6.45, 7) is 7.30. The van der Waals surface area contributed by atoms with Crippen molar-refractivity contribution in [1.82, 2.24) is 4.98 Å². The van der Waals surface area contributed by atoms with Gasteiger partial charge in [-0.1, -0.05) is 6.07 Å². The number of nitrogens with zero attached hydrogens (tertiary/aromatic N) is 3. The molecule has 1 aliphatic carbocycles. The van der Waals surface area contributed by atoms with Gasteiger partial charge in [0.25, 0.3) is 0 Å². The number of benzene rings is 1. The van der Waals surface area contributed by atoms with Crippen molar-refractivity contribution in [3.8, 4) is 0 Å². The summed E-state index contributed by atoms with van der Waals surface area (Å²) in [7, 11) is 0. The topological polar surface area (TPSA) is 76.2 Å². The quantitative estimate of drug-likeness (QED) is 0.683. The molecule has 0 atom stereocenters. The Bertz CT molecular complexity index is 1080. The first kappa shape index (κ1) is 23.7. The molecule has 6 rings (SSSR count). The highest BCUT2D eigenvalue weighted by atomic mass is 16.5. The van der Waals surface area contributed by atoms with Crippen molar-refractivity contribution in [2.75, 3.05) is 41.5 Å². The average molecular weight is 493 g/mol. The van der Waals surface area contributed by atoms with E-state index in [1.807, 2.05) is 11.0 Å². The number of morpholine rings is 2. The highest BCUT2D eigenvalue weighted by molar-refractivity contribution is 6.00. The third kappa shape index (κ3) is 4.58. The van der Waals surface area contributed by atoms with Crippen LogP contribution in [-0.4, -0.2) is 61.6 Å². The second-order valence-corrected chi connectivity index (χ2v) is 10.7. The maximum Gasteiger partial charge on any atom is 0.230 e. The van der Waals surface area contributed by atoms with Gasteiger partial charge in [0, 0.05) is 23.4 Å². The molecule has 8 nitrogen and oxygen atoms in total. The Hall–Kier alpha value is -2.68. The average Bonchev–Trinajstić information content (AvgIpc) is 3.04. The largest absolute Gasteiger partial charge is 0.377 e. The van der Waals surface area contributed by atoms with Crippen LogP contribution >= 0.6 is 0 Å². The summed E-state index contributed by atoms with van der Waals surface area (Å²) in [4.78, 5) is 23.1. The first-order valence-corrected chi connectivity index (χ1v) is 13.3. The number of pyridine rings is 1. The van der Waals surface area contributed by atoms with Gasteiger partial charge in [0.15, 0.2) is 0 Å². The van der Waals surface area contributed by atoms with Gasteiger partial charge in [-0.3, -0.25) is 4.79 Å². The van der Waals surface area contributed by atoms with Crippen molar-refractivity contribution in [1.29, 1.82) is 0 Å². The molecule has 8 heteroatoms. The van der Waals surface area contributed by atoms with E-state index in [1.165, 1.54) is 0 Å². The molecular formula is C28H36N4O4. The van der Waals surface area contributed by atoms with Crippen LogP contribution in [0.25, 0.3) is 0 Å². The standard InChI is InChI=1S/C28H36N4O4/c1-18(2)36-24-8-5-19(6-9-24)28(33)31-13-20-4-3-11-29-27(20)30-25-10-7-21(12-26(25)31)32-22-14-34-16-23(32)17-35-15-22/h3-4,7,10-12,18-19,22-24H,5-6,8-9,13-17H2,1-2H3,(H,29,30)/t19-,22?,23?,24-. The molecule has 3 aliphatic heterocycles. The van der Waals surface area contributed by atoms with Crippen LogP contribution in [0, 0.1) is 5.92 Å². The van der Waals surface area contributed by atoms with Gasteiger partial charge in [-0.15, -0.1) is 0 Å². The monoisotopic (exact) mass is 492 g/mol. The number of rotatable bonds is 4. The third-order valence-electron chi connectivity index (χ3n) is 7.82. The Balaban J connectivity index is 1.32. The zero-order chi connectivity index (χ0) is 24.6. The molecule has 4 heterocycles. The predicted octanol–water partition coefficient (Wildman–Crippen LogP) is 4.26. The zero-order valence-corrected chi connectivity index (χ0v) is 21.2. The molecule has 3 fully saturated rings. The molecule has 0 unspecified atom stereocenters. The minimum atomic E-state index is 0.00269. The van der Waals surface area contributed by atoms with Gasteiger partial charge < -0.3 is 29.3 Å². The van der Waals surface area contributed by atoms with Crippen LogP contribution < -0.4 is 15.1 Å². The number of carbonyl (C=O) groups excluding carboxylic acids is 1. The summed E-state index contributed by atoms with van der Waals surface area (Å²) in [6, 6.07) is 10.8. The predicted molar refractivity (Wildman–Crippen MR) is 139 cm³/mol. The van der Waals surface area contributed by atoms with Gasteiger partial charge in [0.1, 0.15) is 5.82 Å². The lowest BCUT2D eigenvalue weighted by Crippen LogP contribution is -2.59. The van der Waals surface area contributed by atoms with Gasteiger partial charge >= 0.3 is 0 Å². The number of hydrogen-bond acceptors (Lipinski definition) is 7. The molecule has 192 valence electrons. The van der Waals surface area contributed by atoms with E-state index in [0.717, 1.165) is 54.1 Å². The van der Waals surface area contributed by atoms with Crippen molar-refractivity contribution in [3.05, 3.63) is 42.1 Å². The Morgan fingerprint density at radius 3 is 2.47 bits per heavy atom. The van der Waals surface area contributed by atoms with E-state index < -0.39 is 0 Å². The number of nitrogens with one attached hydrogen (secondary N) is 1. The van der Waals surface area contributed by atoms with Crippen LogP contribution in [0.4, 0.5) is 22.9 Å². The van der Waals surface area contributed by atoms with Crippen molar-refractivity contribution >= 4 is 28.8 Å². The van der Waals surface area contributed by atoms with Gasteiger partial charge in [-0.25, -0.2) is 4.98 Å². The van der Waals surface area contributed by atoms with E-state index in [9.17, 15) is 4.79 Å². The smallest absolute Gasteiger partial charge is 0.230 e. The lowest BCUT2D eigenvalue weighted by Gasteiger charge is -2.47. The number of hydrogen-bond donors (Lipinski definition) is 1. The Morgan fingerprint density at radius 2 is 1.78 bits per heavy atom. The van der Waals surface area contributed by atoms with E-state index in [1.54, 1.807) is 6.20 Å². The van der Waals surface area contributed by atoms with Gasteiger partial charge in [0.05, 0.1) is 68.6 Å². The summed E-state index contributed by atoms with van der Waals surface area (Å²) in [5.41, 5.74) is 3.97. The van der Waals surface area contributed by atoms with Gasteiger partial charge in [-0.2, -0.15) is 0 Å². The van der Waals surface area contributed by atoms with Crippen LogP contribution in [0.5, 0.6) is 0 Å². The molecule has 36 heavy (non-hydrogen) atoms. The molecule has 2 saturated heterocycles. The summed E-state index contributed by atoms with van der Waals surface area (Å²) >= 11 is 0. The SMILES string of the molecule is CC(C)O[C@H]1CC[C@H](C(=O)N2Cc3cccnc3Nc3ccc(N4C5COCC4COC5)cc32)CC1. The first-order valence-electron chi connectivity index (χ1n) is 13.3. The summed E-state index contributed by atoms with van der Waals surface area (Å²) in [5, 5.41) is 3.51. The third-order valence-corrected chi connectivity index (χ3v) is 7.82. The summed E-state index contributed by atoms with van der Waals surface area (Å²) < 4.78 is 17.7. The van der Waals surface area contributed by atoms with Crippen molar-refractivity contribution in [3.63, 3.8) is 0 Å². The van der Waals surface area contributed by atoms with E-state index in [0.29, 0.717) is 33.0 Å². The van der Waals surface area contributed by atoms with E-state index in [2.05, 4.69) is 53.3 Å². The van der Waals surface area contributed by atoms with Crippen molar-refractivity contribution < 1.29 is 19.0 Å². The fraction of sp³-hybridized carbons (Fsp3) is 0.571. The molecule has 1 aromatic carbocycles. The fourth-order valence-corrected chi connectivity index (χ4v) is 6.14. The Labute approximate surface area is 212 Å². The second-order valence-electron chi connectivity index (χ2n) is 10.7. The molecular weight excluding hydrogens is 456 g/mol. The minimum Gasteiger partial charge on any atom is -0.377 e. The maximum absolute atomic E-state index is 14.1. The van der Waals surface area contributed by atoms with E-state index in [4.69, 9.17) is 14.2 Å². The minimum absolute atomic E-state index is 0.00269. The van der Waals surface area contributed by atoms with Crippen molar-refractivity contribution in [2.45, 2.75) is 70.4 Å². The molecule has 4 aliphatic rings. The van der Waals surface area contributed by atoms with Crippen LogP contribution in [-0.2, 0) is 25.5 Å². The number of aromatic nitrogens is 1. The van der Waals surface area contributed by atoms with Crippen LogP contribution in [0.3, 0.4) is 0 Å². The van der Waals surface area contributed by atoms with Crippen LogP contribution in [0.2, 0.25) is 0 Å². The van der Waals surface area contributed by atoms with Crippen LogP contribution in [0.1, 0.15) is 45.1 Å². The molecule has 0 spiro atoms. The first-order chi connectivity index (χ1) is 17.6. The molecule has 2 bridgehead atoms. The second kappa shape index (κ2) is 10.00. The molecule has 1 amide bonds. The highest BCUT2D eigenvalue weighted by Crippen LogP contribution is 2.41. The Kier molecular flexibility index (Phi) is 6.58. The van der Waals surface area contributed by atoms with Gasteiger partial charge in [-0.05, 0) is 63.8 Å². The van der Waals surface area contributed by atoms with Crippen molar-refractivity contribution in [2.24, 2.45) is 5.92 Å². The van der Waals surface area contributed by atoms with Gasteiger partial charge in [0.2, 0.25) is 5.91 Å². The van der Waals surface area contributed by atoms with E-state index >= 15 is 0 Å². The maximum atomic E-state index is 14.1. The number of carbonyl (C=O) groups is 1. The fourth-order valence-electron chi connectivity index (χ4n) is 6.14. The molecule has 0 radical (unpaired) electrons. The highest BCUT2D eigenvalue weighted by Gasteiger charge is 2.37. The number of ether oxygens (including phenoxy) is 3. The molecule has 1 saturated carbocycles. The molecule has 2 aromatic rings. The van der Waals surface area contributed by atoms with Crippen LogP contribution in [0.15, 0.2) is 36.5 Å². The molecule has 1 N–H and O–H groups in total. The Morgan fingerprint density at radius 1 is 1.06 bits per heavy atom.